The van der Waals surface area contributed by atoms with Crippen molar-refractivity contribution in [1.29, 1.82) is 0 Å². The molecular formula is C21H25N5O3S2. The molecular weight excluding hydrogens is 434 g/mol. The zero-order valence-electron chi connectivity index (χ0n) is 17.5. The number of carbonyl (C=O) groups is 1. The zero-order valence-corrected chi connectivity index (χ0v) is 19.2. The van der Waals surface area contributed by atoms with Crippen molar-refractivity contribution < 1.29 is 13.2 Å². The standard InChI is InChI=1S/C21H25N5O3S2/c1-15-5-6-17(14-16(15)2)31(28,29)23-9-7-19(27)25-10-12-26(13-11-25)21-24-18-4-3-8-22-20(18)30-21/h3-6,8,14,23H,7,9-13H2,1-2H3. The first-order valence-electron chi connectivity index (χ1n) is 10.1. The molecule has 0 unspecified atom stereocenters. The Bertz CT molecular complexity index is 1170. The molecule has 1 aliphatic heterocycles. The molecule has 1 N–H and O–H groups in total. The summed E-state index contributed by atoms with van der Waals surface area (Å²) in [6.45, 7) is 6.46. The van der Waals surface area contributed by atoms with Gasteiger partial charge in [-0.15, -0.1) is 0 Å². The van der Waals surface area contributed by atoms with E-state index in [0.717, 1.165) is 26.6 Å². The number of hydrogen-bond acceptors (Lipinski definition) is 7. The number of sulfonamides is 1. The zero-order chi connectivity index (χ0) is 22.0. The van der Waals surface area contributed by atoms with Crippen molar-refractivity contribution in [3.05, 3.63) is 47.7 Å². The number of anilines is 1. The van der Waals surface area contributed by atoms with Crippen LogP contribution in [0.2, 0.25) is 0 Å². The van der Waals surface area contributed by atoms with Crippen LogP contribution >= 0.6 is 11.3 Å². The SMILES string of the molecule is Cc1ccc(S(=O)(=O)NCCC(=O)N2CCN(c3nc4cccnc4s3)CC2)cc1C. The van der Waals surface area contributed by atoms with Crippen LogP contribution in [-0.4, -0.2) is 61.9 Å². The number of aryl methyl sites for hydroxylation is 2. The van der Waals surface area contributed by atoms with E-state index in [1.54, 1.807) is 40.6 Å². The van der Waals surface area contributed by atoms with E-state index in [-0.39, 0.29) is 23.8 Å². The highest BCUT2D eigenvalue weighted by Gasteiger charge is 2.23. The highest BCUT2D eigenvalue weighted by molar-refractivity contribution is 7.89. The summed E-state index contributed by atoms with van der Waals surface area (Å²) in [7, 11) is -3.63. The third-order valence-corrected chi connectivity index (χ3v) is 7.98. The molecule has 10 heteroatoms. The molecule has 164 valence electrons. The van der Waals surface area contributed by atoms with Gasteiger partial charge < -0.3 is 9.80 Å². The fourth-order valence-corrected chi connectivity index (χ4v) is 5.53. The maximum Gasteiger partial charge on any atom is 0.240 e. The van der Waals surface area contributed by atoms with Gasteiger partial charge in [-0.25, -0.2) is 23.1 Å². The molecule has 0 spiro atoms. The van der Waals surface area contributed by atoms with Crippen LogP contribution in [0.3, 0.4) is 0 Å². The molecule has 0 radical (unpaired) electrons. The van der Waals surface area contributed by atoms with Gasteiger partial charge in [0.25, 0.3) is 0 Å². The van der Waals surface area contributed by atoms with E-state index in [4.69, 9.17) is 0 Å². The van der Waals surface area contributed by atoms with Gasteiger partial charge in [0.15, 0.2) is 5.13 Å². The summed E-state index contributed by atoms with van der Waals surface area (Å²) in [4.78, 5) is 26.6. The molecule has 1 aliphatic rings. The van der Waals surface area contributed by atoms with E-state index in [1.165, 1.54) is 0 Å². The smallest absolute Gasteiger partial charge is 0.240 e. The summed E-state index contributed by atoms with van der Waals surface area (Å²) < 4.78 is 27.5. The molecule has 0 aliphatic carbocycles. The Kier molecular flexibility index (Phi) is 6.22. The summed E-state index contributed by atoms with van der Waals surface area (Å²) in [5.74, 6) is -0.0478. The summed E-state index contributed by atoms with van der Waals surface area (Å²) in [6, 6.07) is 8.84. The fourth-order valence-electron chi connectivity index (χ4n) is 3.46. The normalized spacial score (nSPS) is 14.9. The van der Waals surface area contributed by atoms with Crippen molar-refractivity contribution in [2.45, 2.75) is 25.2 Å². The van der Waals surface area contributed by atoms with Gasteiger partial charge in [-0.2, -0.15) is 0 Å². The second-order valence-electron chi connectivity index (χ2n) is 7.59. The molecule has 3 aromatic rings. The van der Waals surface area contributed by atoms with Crippen molar-refractivity contribution in [3.63, 3.8) is 0 Å². The van der Waals surface area contributed by atoms with E-state index in [1.807, 2.05) is 26.0 Å². The highest BCUT2D eigenvalue weighted by Crippen LogP contribution is 2.27. The van der Waals surface area contributed by atoms with Crippen LogP contribution in [0.15, 0.2) is 41.4 Å². The Hall–Kier alpha value is -2.56. The molecule has 31 heavy (non-hydrogen) atoms. The number of amides is 1. The second-order valence-corrected chi connectivity index (χ2v) is 10.3. The minimum atomic E-state index is -3.63. The Balaban J connectivity index is 1.27. The van der Waals surface area contributed by atoms with Gasteiger partial charge in [-0.05, 0) is 49.2 Å². The maximum absolute atomic E-state index is 12.6. The van der Waals surface area contributed by atoms with Gasteiger partial charge in [-0.1, -0.05) is 17.4 Å². The molecule has 8 nitrogen and oxygen atoms in total. The number of thiazole rings is 1. The van der Waals surface area contributed by atoms with Crippen molar-refractivity contribution in [2.75, 3.05) is 37.6 Å². The minimum absolute atomic E-state index is 0.0478. The molecule has 0 saturated carbocycles. The minimum Gasteiger partial charge on any atom is -0.344 e. The van der Waals surface area contributed by atoms with Crippen LogP contribution in [0.5, 0.6) is 0 Å². The molecule has 1 fully saturated rings. The first kappa shape index (κ1) is 21.7. The molecule has 0 bridgehead atoms. The summed E-state index contributed by atoms with van der Waals surface area (Å²) >= 11 is 1.55. The average molecular weight is 460 g/mol. The number of carbonyl (C=O) groups excluding carboxylic acids is 1. The number of fused-ring (bicyclic) bond motifs is 1. The van der Waals surface area contributed by atoms with Gasteiger partial charge in [0.2, 0.25) is 15.9 Å². The number of nitrogens with one attached hydrogen (secondary N) is 1. The molecule has 4 rings (SSSR count). The number of aromatic nitrogens is 2. The third-order valence-electron chi connectivity index (χ3n) is 5.48. The monoisotopic (exact) mass is 459 g/mol. The van der Waals surface area contributed by atoms with Crippen LogP contribution in [-0.2, 0) is 14.8 Å². The van der Waals surface area contributed by atoms with Crippen molar-refractivity contribution in [3.8, 4) is 0 Å². The highest BCUT2D eigenvalue weighted by atomic mass is 32.2. The Morgan fingerprint density at radius 1 is 1.13 bits per heavy atom. The molecule has 3 heterocycles. The van der Waals surface area contributed by atoms with Crippen LogP contribution in [0, 0.1) is 13.8 Å². The van der Waals surface area contributed by atoms with Crippen molar-refractivity contribution in [1.82, 2.24) is 19.6 Å². The average Bonchev–Trinajstić information content (AvgIpc) is 3.20. The van der Waals surface area contributed by atoms with E-state index < -0.39 is 10.0 Å². The van der Waals surface area contributed by atoms with E-state index in [9.17, 15) is 13.2 Å². The van der Waals surface area contributed by atoms with Crippen LogP contribution in [0.1, 0.15) is 17.5 Å². The van der Waals surface area contributed by atoms with Gasteiger partial charge in [0.05, 0.1) is 4.90 Å². The summed E-state index contributed by atoms with van der Waals surface area (Å²) in [5, 5.41) is 0.918. The Morgan fingerprint density at radius 2 is 1.90 bits per heavy atom. The lowest BCUT2D eigenvalue weighted by Gasteiger charge is -2.34. The van der Waals surface area contributed by atoms with E-state index >= 15 is 0 Å². The van der Waals surface area contributed by atoms with E-state index in [2.05, 4.69) is 19.6 Å². The number of nitrogens with zero attached hydrogens (tertiary/aromatic N) is 4. The lowest BCUT2D eigenvalue weighted by molar-refractivity contribution is -0.131. The number of rotatable bonds is 6. The van der Waals surface area contributed by atoms with Gasteiger partial charge >= 0.3 is 0 Å². The van der Waals surface area contributed by atoms with Gasteiger partial charge in [-0.3, -0.25) is 4.79 Å². The summed E-state index contributed by atoms with van der Waals surface area (Å²) in [5.41, 5.74) is 2.84. The maximum atomic E-state index is 12.6. The predicted octanol–water partition coefficient (Wildman–Crippen LogP) is 2.33. The Labute approximate surface area is 186 Å². The first-order chi connectivity index (χ1) is 14.8. The lowest BCUT2D eigenvalue weighted by atomic mass is 10.1. The fraction of sp³-hybridized carbons (Fsp3) is 0.381. The second kappa shape index (κ2) is 8.89. The lowest BCUT2D eigenvalue weighted by Crippen LogP contribution is -2.49. The molecule has 0 atom stereocenters. The molecule has 1 saturated heterocycles. The number of hydrogen-bond donors (Lipinski definition) is 1. The number of benzene rings is 1. The molecule has 2 aromatic heterocycles. The number of piperazine rings is 1. The van der Waals surface area contributed by atoms with Crippen LogP contribution in [0.4, 0.5) is 5.13 Å². The number of pyridine rings is 1. The topological polar surface area (TPSA) is 95.5 Å². The van der Waals surface area contributed by atoms with Gasteiger partial charge in [0, 0.05) is 45.3 Å². The Morgan fingerprint density at radius 3 is 2.61 bits per heavy atom. The first-order valence-corrected chi connectivity index (χ1v) is 12.4. The predicted molar refractivity (Wildman–Crippen MR) is 122 cm³/mol. The molecule has 1 aromatic carbocycles. The molecule has 1 amide bonds. The van der Waals surface area contributed by atoms with E-state index in [0.29, 0.717) is 26.2 Å². The van der Waals surface area contributed by atoms with Crippen LogP contribution in [0.25, 0.3) is 10.3 Å². The van der Waals surface area contributed by atoms with Crippen molar-refractivity contribution >= 4 is 42.7 Å². The van der Waals surface area contributed by atoms with Crippen molar-refractivity contribution in [2.24, 2.45) is 0 Å². The largest absolute Gasteiger partial charge is 0.344 e. The summed E-state index contributed by atoms with van der Waals surface area (Å²) in [6.07, 6.45) is 1.89. The van der Waals surface area contributed by atoms with Crippen LogP contribution < -0.4 is 9.62 Å². The quantitative estimate of drug-likeness (QED) is 0.608. The third kappa shape index (κ3) is 4.86. The van der Waals surface area contributed by atoms with Gasteiger partial charge in [0.1, 0.15) is 10.3 Å².